The number of hydrogen-bond donors (Lipinski definition) is 1. The maximum atomic E-state index is 12.2. The molecule has 1 aromatic heterocycles. The summed E-state index contributed by atoms with van der Waals surface area (Å²) in [6, 6.07) is 7.40. The molecular weight excluding hydrogens is 232 g/mol. The van der Waals surface area contributed by atoms with E-state index >= 15 is 0 Å². The molecule has 0 atom stereocenters. The number of nitrogens with zero attached hydrogens (tertiary/aromatic N) is 1. The Labute approximate surface area is 103 Å². The molecule has 0 spiro atoms. The standard InChI is InChI=1S/C13H12N2O3/c1-15-9-5-3-2-4-8(9)11-10(13(15)17)12(16)14-6-7-18-11/h2-5H,6-7H2,1H3,(H,14,16). The third-order valence-corrected chi connectivity index (χ3v) is 3.12. The molecule has 1 aliphatic heterocycles. The highest BCUT2D eigenvalue weighted by Gasteiger charge is 2.24. The lowest BCUT2D eigenvalue weighted by Gasteiger charge is -2.12. The highest BCUT2D eigenvalue weighted by atomic mass is 16.5. The fourth-order valence-corrected chi connectivity index (χ4v) is 2.22. The zero-order valence-corrected chi connectivity index (χ0v) is 9.90. The van der Waals surface area contributed by atoms with Gasteiger partial charge in [0.2, 0.25) is 0 Å². The van der Waals surface area contributed by atoms with E-state index in [1.54, 1.807) is 7.05 Å². The van der Waals surface area contributed by atoms with Gasteiger partial charge in [0, 0.05) is 12.4 Å². The third kappa shape index (κ3) is 1.40. The van der Waals surface area contributed by atoms with Crippen LogP contribution < -0.4 is 15.6 Å². The molecule has 1 N–H and O–H groups in total. The maximum absolute atomic E-state index is 12.2. The normalized spacial score (nSPS) is 14.6. The number of pyridine rings is 1. The maximum Gasteiger partial charge on any atom is 0.267 e. The van der Waals surface area contributed by atoms with E-state index in [9.17, 15) is 9.59 Å². The summed E-state index contributed by atoms with van der Waals surface area (Å²) in [5, 5.41) is 3.44. The third-order valence-electron chi connectivity index (χ3n) is 3.12. The summed E-state index contributed by atoms with van der Waals surface area (Å²) in [7, 11) is 1.66. The van der Waals surface area contributed by atoms with Crippen LogP contribution in [0.3, 0.4) is 0 Å². The summed E-state index contributed by atoms with van der Waals surface area (Å²) in [6.07, 6.45) is 0. The number of aryl methyl sites for hydroxylation is 1. The van der Waals surface area contributed by atoms with Crippen molar-refractivity contribution in [2.45, 2.75) is 0 Å². The molecule has 3 rings (SSSR count). The second-order valence-electron chi connectivity index (χ2n) is 4.19. The van der Waals surface area contributed by atoms with Gasteiger partial charge in [-0.15, -0.1) is 0 Å². The Morgan fingerprint density at radius 3 is 2.89 bits per heavy atom. The van der Waals surface area contributed by atoms with Crippen LogP contribution in [0.15, 0.2) is 29.1 Å². The van der Waals surface area contributed by atoms with Crippen LogP contribution in [0, 0.1) is 0 Å². The first kappa shape index (κ1) is 10.8. The number of para-hydroxylation sites is 1. The van der Waals surface area contributed by atoms with Gasteiger partial charge < -0.3 is 14.6 Å². The van der Waals surface area contributed by atoms with Crippen molar-refractivity contribution in [3.05, 3.63) is 40.2 Å². The molecule has 0 aliphatic carbocycles. The van der Waals surface area contributed by atoms with E-state index in [-0.39, 0.29) is 17.0 Å². The molecule has 5 nitrogen and oxygen atoms in total. The van der Waals surface area contributed by atoms with Gasteiger partial charge >= 0.3 is 0 Å². The molecule has 1 amide bonds. The highest BCUT2D eigenvalue weighted by Crippen LogP contribution is 2.27. The Morgan fingerprint density at radius 1 is 1.28 bits per heavy atom. The topological polar surface area (TPSA) is 60.3 Å². The van der Waals surface area contributed by atoms with Crippen LogP contribution in [0.1, 0.15) is 10.4 Å². The Bertz CT molecular complexity index is 703. The minimum Gasteiger partial charge on any atom is -0.490 e. The number of amides is 1. The largest absolute Gasteiger partial charge is 0.490 e. The molecular formula is C13H12N2O3. The Morgan fingerprint density at radius 2 is 2.06 bits per heavy atom. The summed E-state index contributed by atoms with van der Waals surface area (Å²) in [6.45, 7) is 0.779. The monoisotopic (exact) mass is 244 g/mol. The van der Waals surface area contributed by atoms with Gasteiger partial charge in [-0.3, -0.25) is 9.59 Å². The zero-order chi connectivity index (χ0) is 12.7. The van der Waals surface area contributed by atoms with Gasteiger partial charge in [-0.25, -0.2) is 0 Å². The van der Waals surface area contributed by atoms with Crippen molar-refractivity contribution in [2.75, 3.05) is 13.2 Å². The molecule has 0 unspecified atom stereocenters. The van der Waals surface area contributed by atoms with Gasteiger partial charge in [0.25, 0.3) is 11.5 Å². The molecule has 2 heterocycles. The minimum atomic E-state index is -0.367. The van der Waals surface area contributed by atoms with E-state index in [1.807, 2.05) is 24.3 Å². The fourth-order valence-electron chi connectivity index (χ4n) is 2.22. The molecule has 18 heavy (non-hydrogen) atoms. The van der Waals surface area contributed by atoms with E-state index in [1.165, 1.54) is 4.57 Å². The van der Waals surface area contributed by atoms with Crippen molar-refractivity contribution < 1.29 is 9.53 Å². The first-order valence-corrected chi connectivity index (χ1v) is 5.73. The molecule has 5 heteroatoms. The second kappa shape index (κ2) is 3.87. The molecule has 0 bridgehead atoms. The predicted octanol–water partition coefficient (Wildman–Crippen LogP) is 0.661. The van der Waals surface area contributed by atoms with E-state index in [0.29, 0.717) is 18.9 Å². The van der Waals surface area contributed by atoms with Crippen LogP contribution in [0.4, 0.5) is 0 Å². The zero-order valence-electron chi connectivity index (χ0n) is 9.90. The number of carbonyl (C=O) groups is 1. The van der Waals surface area contributed by atoms with Gasteiger partial charge in [-0.2, -0.15) is 0 Å². The average molecular weight is 244 g/mol. The van der Waals surface area contributed by atoms with Gasteiger partial charge in [0.05, 0.1) is 12.1 Å². The van der Waals surface area contributed by atoms with Gasteiger partial charge in [-0.1, -0.05) is 12.1 Å². The molecule has 1 aliphatic rings. The van der Waals surface area contributed by atoms with E-state index in [4.69, 9.17) is 4.74 Å². The smallest absolute Gasteiger partial charge is 0.267 e. The summed E-state index contributed by atoms with van der Waals surface area (Å²) >= 11 is 0. The number of benzene rings is 1. The number of carbonyl (C=O) groups excluding carboxylic acids is 1. The summed E-state index contributed by atoms with van der Waals surface area (Å²) < 4.78 is 7.05. The predicted molar refractivity (Wildman–Crippen MR) is 67.0 cm³/mol. The Kier molecular flexibility index (Phi) is 2.33. The molecule has 1 aromatic carbocycles. The summed E-state index contributed by atoms with van der Waals surface area (Å²) in [5.74, 6) is 0.0255. The van der Waals surface area contributed by atoms with E-state index < -0.39 is 0 Å². The van der Waals surface area contributed by atoms with Crippen molar-refractivity contribution >= 4 is 16.8 Å². The molecule has 0 saturated carbocycles. The van der Waals surface area contributed by atoms with Crippen LogP contribution in [-0.4, -0.2) is 23.6 Å². The van der Waals surface area contributed by atoms with Crippen LogP contribution in [0.5, 0.6) is 5.75 Å². The highest BCUT2D eigenvalue weighted by molar-refractivity contribution is 6.02. The number of nitrogens with one attached hydrogen (secondary N) is 1. The lowest BCUT2D eigenvalue weighted by atomic mass is 10.1. The molecule has 2 aromatic rings. The molecule has 0 radical (unpaired) electrons. The van der Waals surface area contributed by atoms with E-state index in [2.05, 4.69) is 5.32 Å². The minimum absolute atomic E-state index is 0.0914. The number of hydrogen-bond acceptors (Lipinski definition) is 3. The van der Waals surface area contributed by atoms with Gasteiger partial charge in [0.15, 0.2) is 0 Å². The van der Waals surface area contributed by atoms with Crippen molar-refractivity contribution in [1.82, 2.24) is 9.88 Å². The lowest BCUT2D eigenvalue weighted by molar-refractivity contribution is 0.0955. The lowest BCUT2D eigenvalue weighted by Crippen LogP contribution is -2.31. The summed E-state index contributed by atoms with van der Waals surface area (Å²) in [4.78, 5) is 24.1. The fraction of sp³-hybridized carbons (Fsp3) is 0.231. The molecule has 0 saturated heterocycles. The SMILES string of the molecule is Cn1c(=O)c2c(c3ccccc31)OCCNC2=O. The first-order valence-electron chi connectivity index (χ1n) is 5.73. The number of rotatable bonds is 0. The van der Waals surface area contributed by atoms with Crippen molar-refractivity contribution in [2.24, 2.45) is 7.05 Å². The van der Waals surface area contributed by atoms with Gasteiger partial charge in [-0.05, 0) is 12.1 Å². The van der Waals surface area contributed by atoms with Gasteiger partial charge in [0.1, 0.15) is 17.9 Å². The van der Waals surface area contributed by atoms with Crippen molar-refractivity contribution in [3.63, 3.8) is 0 Å². The Balaban J connectivity index is 2.50. The average Bonchev–Trinajstić information content (AvgIpc) is 2.58. The quantitative estimate of drug-likeness (QED) is 0.740. The summed E-state index contributed by atoms with van der Waals surface area (Å²) in [5.41, 5.74) is 0.521. The van der Waals surface area contributed by atoms with Crippen LogP contribution in [0.25, 0.3) is 10.9 Å². The Hall–Kier alpha value is -2.30. The molecule has 92 valence electrons. The van der Waals surface area contributed by atoms with Crippen LogP contribution in [0.2, 0.25) is 0 Å². The number of aromatic nitrogens is 1. The van der Waals surface area contributed by atoms with Crippen LogP contribution >= 0.6 is 0 Å². The van der Waals surface area contributed by atoms with Crippen molar-refractivity contribution in [3.8, 4) is 5.75 Å². The van der Waals surface area contributed by atoms with Crippen LogP contribution in [-0.2, 0) is 7.05 Å². The second-order valence-corrected chi connectivity index (χ2v) is 4.19. The number of fused-ring (bicyclic) bond motifs is 3. The number of ether oxygens (including phenoxy) is 1. The van der Waals surface area contributed by atoms with Crippen molar-refractivity contribution in [1.29, 1.82) is 0 Å². The first-order chi connectivity index (χ1) is 8.70. The molecule has 0 fully saturated rings. The van der Waals surface area contributed by atoms with E-state index in [0.717, 1.165) is 10.9 Å².